The minimum absolute atomic E-state index is 0.295. The van der Waals surface area contributed by atoms with Crippen LogP contribution in [-0.4, -0.2) is 58.7 Å². The van der Waals surface area contributed by atoms with E-state index in [0.717, 1.165) is 13.5 Å². The highest BCUT2D eigenvalue weighted by Crippen LogP contribution is 1.91. The lowest BCUT2D eigenvalue weighted by Gasteiger charge is -1.99. The van der Waals surface area contributed by atoms with Crippen molar-refractivity contribution in [1.29, 1.82) is 0 Å². The van der Waals surface area contributed by atoms with Crippen LogP contribution in [0.25, 0.3) is 0 Å². The highest BCUT2D eigenvalue weighted by molar-refractivity contribution is 7.80. The van der Waals surface area contributed by atoms with Gasteiger partial charge in [0.25, 0.3) is 0 Å². The van der Waals surface area contributed by atoms with E-state index in [0.29, 0.717) is 12.2 Å². The number of rotatable bonds is 4. The Kier molecular flexibility index (Phi) is 16.4. The van der Waals surface area contributed by atoms with Gasteiger partial charge >= 0.3 is 16.4 Å². The third kappa shape index (κ3) is 38.2. The SMILES string of the molecule is C=C(C)C(=O)OCCC.CN(C)C.COS(=O)(=O)O. The minimum atomic E-state index is -4.16. The lowest BCUT2D eigenvalue weighted by atomic mass is 10.4. The molecular formula is C11H25NO6S. The molecular weight excluding hydrogens is 274 g/mol. The second-order valence-corrected chi connectivity index (χ2v) is 5.04. The molecule has 1 N–H and O–H groups in total. The van der Waals surface area contributed by atoms with Gasteiger partial charge in [-0.3, -0.25) is 8.74 Å². The van der Waals surface area contributed by atoms with Gasteiger partial charge < -0.3 is 9.64 Å². The van der Waals surface area contributed by atoms with E-state index >= 15 is 0 Å². The third-order valence-electron chi connectivity index (χ3n) is 0.996. The summed E-state index contributed by atoms with van der Waals surface area (Å²) in [6, 6.07) is 0. The van der Waals surface area contributed by atoms with Crippen LogP contribution < -0.4 is 0 Å². The number of esters is 1. The molecule has 0 aromatic heterocycles. The molecule has 0 atom stereocenters. The quantitative estimate of drug-likeness (QED) is 0.472. The van der Waals surface area contributed by atoms with Gasteiger partial charge in [0.2, 0.25) is 0 Å². The Labute approximate surface area is 116 Å². The summed E-state index contributed by atoms with van der Waals surface area (Å²) < 4.78 is 34.4. The maximum atomic E-state index is 10.6. The van der Waals surface area contributed by atoms with Crippen LogP contribution in [0.3, 0.4) is 0 Å². The first-order valence-electron chi connectivity index (χ1n) is 5.44. The van der Waals surface area contributed by atoms with Crippen LogP contribution in [0.4, 0.5) is 0 Å². The Hall–Kier alpha value is -0.960. The van der Waals surface area contributed by atoms with Crippen molar-refractivity contribution in [3.8, 4) is 0 Å². The summed E-state index contributed by atoms with van der Waals surface area (Å²) in [5.74, 6) is -0.295. The van der Waals surface area contributed by atoms with E-state index in [4.69, 9.17) is 9.29 Å². The average molecular weight is 299 g/mol. The first-order valence-corrected chi connectivity index (χ1v) is 6.81. The molecule has 0 heterocycles. The molecule has 19 heavy (non-hydrogen) atoms. The fourth-order valence-corrected chi connectivity index (χ4v) is 0.318. The summed E-state index contributed by atoms with van der Waals surface area (Å²) in [6.07, 6.45) is 0.860. The summed E-state index contributed by atoms with van der Waals surface area (Å²) in [4.78, 5) is 12.6. The maximum Gasteiger partial charge on any atom is 0.397 e. The van der Waals surface area contributed by atoms with Crippen molar-refractivity contribution in [1.82, 2.24) is 4.90 Å². The highest BCUT2D eigenvalue weighted by atomic mass is 32.3. The van der Waals surface area contributed by atoms with E-state index < -0.39 is 10.4 Å². The Morgan fingerprint density at radius 2 is 1.63 bits per heavy atom. The van der Waals surface area contributed by atoms with Crippen LogP contribution in [-0.2, 0) is 24.1 Å². The number of hydrogen-bond acceptors (Lipinski definition) is 6. The molecule has 0 saturated carbocycles. The van der Waals surface area contributed by atoms with Gasteiger partial charge in [-0.1, -0.05) is 13.5 Å². The van der Waals surface area contributed by atoms with Crippen molar-refractivity contribution in [2.45, 2.75) is 20.3 Å². The van der Waals surface area contributed by atoms with Crippen LogP contribution in [0.2, 0.25) is 0 Å². The summed E-state index contributed by atoms with van der Waals surface area (Å²) in [5.41, 5.74) is 0.462. The lowest BCUT2D eigenvalue weighted by molar-refractivity contribution is -0.138. The third-order valence-corrected chi connectivity index (χ3v) is 1.42. The van der Waals surface area contributed by atoms with Crippen molar-refractivity contribution in [3.05, 3.63) is 12.2 Å². The zero-order valence-corrected chi connectivity index (χ0v) is 13.3. The van der Waals surface area contributed by atoms with Crippen molar-refractivity contribution in [2.75, 3.05) is 34.9 Å². The average Bonchev–Trinajstić information content (AvgIpc) is 2.24. The zero-order valence-electron chi connectivity index (χ0n) is 12.5. The van der Waals surface area contributed by atoms with E-state index in [1.807, 2.05) is 33.0 Å². The van der Waals surface area contributed by atoms with E-state index in [1.54, 1.807) is 6.92 Å². The van der Waals surface area contributed by atoms with Gasteiger partial charge in [-0.2, -0.15) is 8.42 Å². The molecule has 0 unspecified atom stereocenters. The van der Waals surface area contributed by atoms with E-state index in [9.17, 15) is 13.2 Å². The smallest absolute Gasteiger partial charge is 0.397 e. The second-order valence-electron chi connectivity index (χ2n) is 3.85. The topological polar surface area (TPSA) is 93.1 Å². The number of carbonyl (C=O) groups is 1. The fourth-order valence-electron chi connectivity index (χ4n) is 0.318. The van der Waals surface area contributed by atoms with Crippen LogP contribution in [0.15, 0.2) is 12.2 Å². The van der Waals surface area contributed by atoms with Gasteiger partial charge in [0.05, 0.1) is 13.7 Å². The first kappa shape index (κ1) is 23.2. The summed E-state index contributed by atoms with van der Waals surface area (Å²) in [6.45, 7) is 7.51. The molecule has 0 saturated heterocycles. The summed E-state index contributed by atoms with van der Waals surface area (Å²) in [7, 11) is 2.71. The molecule has 0 aliphatic carbocycles. The van der Waals surface area contributed by atoms with E-state index in [2.05, 4.69) is 10.8 Å². The summed E-state index contributed by atoms with van der Waals surface area (Å²) >= 11 is 0. The molecule has 0 bridgehead atoms. The van der Waals surface area contributed by atoms with Crippen LogP contribution in [0, 0.1) is 0 Å². The number of nitrogens with zero attached hydrogens (tertiary/aromatic N) is 1. The molecule has 0 aromatic carbocycles. The monoisotopic (exact) mass is 299 g/mol. The van der Waals surface area contributed by atoms with E-state index in [-0.39, 0.29) is 5.97 Å². The van der Waals surface area contributed by atoms with Crippen LogP contribution in [0.1, 0.15) is 20.3 Å². The number of hydrogen-bond donors (Lipinski definition) is 1. The molecule has 116 valence electrons. The van der Waals surface area contributed by atoms with Crippen molar-refractivity contribution < 1.29 is 26.7 Å². The van der Waals surface area contributed by atoms with Gasteiger partial charge in [0, 0.05) is 5.57 Å². The maximum absolute atomic E-state index is 10.6. The van der Waals surface area contributed by atoms with Gasteiger partial charge in [-0.25, -0.2) is 4.79 Å². The van der Waals surface area contributed by atoms with Gasteiger partial charge in [-0.15, -0.1) is 0 Å². The highest BCUT2D eigenvalue weighted by Gasteiger charge is 1.99. The molecule has 0 aliphatic rings. The fraction of sp³-hybridized carbons (Fsp3) is 0.727. The van der Waals surface area contributed by atoms with Crippen LogP contribution in [0.5, 0.6) is 0 Å². The van der Waals surface area contributed by atoms with Crippen molar-refractivity contribution in [3.63, 3.8) is 0 Å². The standard InChI is InChI=1S/C7H12O2.C3H9N.CH4O4S/c1-4-5-9-7(8)6(2)3;1-4(2)3;1-5-6(2,3)4/h2,4-5H2,1,3H3;1-3H3;1H3,(H,2,3,4). The molecule has 7 nitrogen and oxygen atoms in total. The van der Waals surface area contributed by atoms with Crippen molar-refractivity contribution >= 4 is 16.4 Å². The first-order chi connectivity index (χ1) is 8.47. The summed E-state index contributed by atoms with van der Waals surface area (Å²) in [5, 5.41) is 0. The second kappa shape index (κ2) is 13.5. The van der Waals surface area contributed by atoms with Crippen LogP contribution >= 0.6 is 0 Å². The minimum Gasteiger partial charge on any atom is -0.462 e. The molecule has 0 fully saturated rings. The molecule has 0 aromatic rings. The molecule has 8 heteroatoms. The Morgan fingerprint density at radius 1 is 1.32 bits per heavy atom. The molecule has 0 radical (unpaired) electrons. The van der Waals surface area contributed by atoms with Gasteiger partial charge in [-0.05, 0) is 34.5 Å². The van der Waals surface area contributed by atoms with E-state index in [1.165, 1.54) is 0 Å². The predicted molar refractivity (Wildman–Crippen MR) is 74.2 cm³/mol. The molecule has 0 spiro atoms. The predicted octanol–water partition coefficient (Wildman–Crippen LogP) is 1.13. The Bertz CT molecular complexity index is 334. The zero-order chi connectivity index (χ0) is 16.1. The Morgan fingerprint density at radius 3 is 1.79 bits per heavy atom. The van der Waals surface area contributed by atoms with Gasteiger partial charge in [0.1, 0.15) is 0 Å². The van der Waals surface area contributed by atoms with Crippen molar-refractivity contribution in [2.24, 2.45) is 0 Å². The lowest BCUT2D eigenvalue weighted by Crippen LogP contribution is -2.04. The molecule has 0 rings (SSSR count). The normalized spacial score (nSPS) is 9.68. The number of ether oxygens (including phenoxy) is 1. The largest absolute Gasteiger partial charge is 0.462 e. The number of carbonyl (C=O) groups excluding carboxylic acids is 1. The van der Waals surface area contributed by atoms with Gasteiger partial charge in [0.15, 0.2) is 0 Å². The molecule has 0 aliphatic heterocycles. The Balaban J connectivity index is -0.000000222. The molecule has 0 amide bonds.